The predicted molar refractivity (Wildman–Crippen MR) is 106 cm³/mol. The van der Waals surface area contributed by atoms with Gasteiger partial charge in [-0.1, -0.05) is 13.0 Å². The van der Waals surface area contributed by atoms with Gasteiger partial charge in [0, 0.05) is 24.9 Å². The summed E-state index contributed by atoms with van der Waals surface area (Å²) < 4.78 is 18.6. The molecule has 0 radical (unpaired) electrons. The Bertz CT molecular complexity index is 780. The van der Waals surface area contributed by atoms with Crippen LogP contribution in [0.25, 0.3) is 0 Å². The van der Waals surface area contributed by atoms with Gasteiger partial charge in [-0.2, -0.15) is 0 Å². The molecule has 0 bridgehead atoms. The third-order valence-electron chi connectivity index (χ3n) is 4.78. The van der Waals surface area contributed by atoms with E-state index in [2.05, 4.69) is 22.1 Å². The van der Waals surface area contributed by atoms with E-state index in [1.165, 1.54) is 37.4 Å². The van der Waals surface area contributed by atoms with Crippen LogP contribution >= 0.6 is 11.3 Å². The molecule has 3 rings (SSSR count). The van der Waals surface area contributed by atoms with Gasteiger partial charge in [0.1, 0.15) is 0 Å². The second-order valence-corrected chi connectivity index (χ2v) is 8.00. The zero-order valence-electron chi connectivity index (χ0n) is 15.8. The molecule has 0 saturated carbocycles. The molecule has 5 nitrogen and oxygen atoms in total. The number of carbonyl (C=O) groups excluding carboxylic acids is 1. The summed E-state index contributed by atoms with van der Waals surface area (Å²) in [4.78, 5) is 19.1. The SMILES string of the molecule is COc1ccc(CCC(=O)Nc2nc(CN3CCCC(C)C3)cs2)cc1F. The molecule has 1 amide bonds. The number of halogens is 1. The van der Waals surface area contributed by atoms with Gasteiger partial charge >= 0.3 is 0 Å². The first kappa shape index (κ1) is 19.8. The van der Waals surface area contributed by atoms with Crippen LogP contribution in [0.2, 0.25) is 0 Å². The van der Waals surface area contributed by atoms with Gasteiger partial charge in [0.05, 0.1) is 12.8 Å². The number of nitrogens with one attached hydrogen (secondary N) is 1. The molecule has 2 aromatic rings. The highest BCUT2D eigenvalue weighted by molar-refractivity contribution is 7.13. The first-order valence-electron chi connectivity index (χ1n) is 9.32. The van der Waals surface area contributed by atoms with E-state index in [1.54, 1.807) is 12.1 Å². The molecule has 1 N–H and O–H groups in total. The molecule has 27 heavy (non-hydrogen) atoms. The van der Waals surface area contributed by atoms with Crippen LogP contribution in [0.5, 0.6) is 5.75 Å². The molecule has 1 atom stereocenters. The van der Waals surface area contributed by atoms with Crippen molar-refractivity contribution in [3.8, 4) is 5.75 Å². The van der Waals surface area contributed by atoms with Crippen molar-refractivity contribution >= 4 is 22.4 Å². The third-order valence-corrected chi connectivity index (χ3v) is 5.59. The van der Waals surface area contributed by atoms with Gasteiger partial charge in [-0.3, -0.25) is 9.69 Å². The molecule has 1 saturated heterocycles. The number of amides is 1. The lowest BCUT2D eigenvalue weighted by atomic mass is 10.0. The fourth-order valence-corrected chi connectivity index (χ4v) is 4.12. The number of anilines is 1. The summed E-state index contributed by atoms with van der Waals surface area (Å²) in [5, 5.41) is 5.48. The van der Waals surface area contributed by atoms with Gasteiger partial charge in [0.25, 0.3) is 0 Å². The van der Waals surface area contributed by atoms with Crippen molar-refractivity contribution in [3.05, 3.63) is 40.7 Å². The Balaban J connectivity index is 1.47. The van der Waals surface area contributed by atoms with Crippen molar-refractivity contribution in [1.29, 1.82) is 0 Å². The van der Waals surface area contributed by atoms with E-state index < -0.39 is 5.82 Å². The normalized spacial score (nSPS) is 17.7. The number of carbonyl (C=O) groups is 1. The van der Waals surface area contributed by atoms with Crippen molar-refractivity contribution in [2.24, 2.45) is 5.92 Å². The average Bonchev–Trinajstić information content (AvgIpc) is 3.07. The Hall–Kier alpha value is -1.99. The van der Waals surface area contributed by atoms with Crippen molar-refractivity contribution < 1.29 is 13.9 Å². The number of methoxy groups -OCH3 is 1. The van der Waals surface area contributed by atoms with Gasteiger partial charge in [-0.25, -0.2) is 9.37 Å². The molecule has 7 heteroatoms. The highest BCUT2D eigenvalue weighted by atomic mass is 32.1. The topological polar surface area (TPSA) is 54.5 Å². The number of piperidine rings is 1. The van der Waals surface area contributed by atoms with Gasteiger partial charge in [0.15, 0.2) is 16.7 Å². The van der Waals surface area contributed by atoms with Crippen LogP contribution in [-0.4, -0.2) is 36.0 Å². The van der Waals surface area contributed by atoms with Gasteiger partial charge in [0.2, 0.25) is 5.91 Å². The monoisotopic (exact) mass is 391 g/mol. The maximum atomic E-state index is 13.7. The van der Waals surface area contributed by atoms with Crippen molar-refractivity contribution in [2.45, 2.75) is 39.2 Å². The summed E-state index contributed by atoms with van der Waals surface area (Å²) >= 11 is 1.45. The molecular weight excluding hydrogens is 365 g/mol. The highest BCUT2D eigenvalue weighted by Gasteiger charge is 2.17. The van der Waals surface area contributed by atoms with Crippen LogP contribution in [0.1, 0.15) is 37.4 Å². The molecule has 1 aromatic heterocycles. The smallest absolute Gasteiger partial charge is 0.226 e. The number of aromatic nitrogens is 1. The number of aryl methyl sites for hydroxylation is 1. The lowest BCUT2D eigenvalue weighted by molar-refractivity contribution is -0.116. The number of likely N-dealkylation sites (tertiary alicyclic amines) is 1. The summed E-state index contributed by atoms with van der Waals surface area (Å²) in [7, 11) is 1.43. The van der Waals surface area contributed by atoms with Crippen molar-refractivity contribution in [2.75, 3.05) is 25.5 Å². The summed E-state index contributed by atoms with van der Waals surface area (Å²) in [5.41, 5.74) is 1.77. The zero-order valence-corrected chi connectivity index (χ0v) is 16.7. The minimum Gasteiger partial charge on any atom is -0.494 e. The number of thiazole rings is 1. The first-order valence-corrected chi connectivity index (χ1v) is 10.2. The van der Waals surface area contributed by atoms with Crippen molar-refractivity contribution in [1.82, 2.24) is 9.88 Å². The second-order valence-electron chi connectivity index (χ2n) is 7.14. The Morgan fingerprint density at radius 1 is 1.48 bits per heavy atom. The van der Waals surface area contributed by atoms with E-state index in [9.17, 15) is 9.18 Å². The van der Waals surface area contributed by atoms with E-state index in [-0.39, 0.29) is 18.1 Å². The van der Waals surface area contributed by atoms with Crippen LogP contribution in [0, 0.1) is 11.7 Å². The summed E-state index contributed by atoms with van der Waals surface area (Å²) in [6.45, 7) is 5.34. The fraction of sp³-hybridized carbons (Fsp3) is 0.500. The summed E-state index contributed by atoms with van der Waals surface area (Å²) in [5.74, 6) is 0.423. The molecule has 1 fully saturated rings. The van der Waals surface area contributed by atoms with E-state index >= 15 is 0 Å². The minimum atomic E-state index is -0.410. The largest absolute Gasteiger partial charge is 0.494 e. The number of nitrogens with zero attached hydrogens (tertiary/aromatic N) is 2. The second kappa shape index (κ2) is 9.28. The Morgan fingerprint density at radius 3 is 3.07 bits per heavy atom. The molecule has 1 aliphatic rings. The van der Waals surface area contributed by atoms with Crippen molar-refractivity contribution in [3.63, 3.8) is 0 Å². The predicted octanol–water partition coefficient (Wildman–Crippen LogP) is 4.09. The number of rotatable bonds is 7. The molecule has 2 heterocycles. The first-order chi connectivity index (χ1) is 13.0. The Morgan fingerprint density at radius 2 is 2.33 bits per heavy atom. The summed E-state index contributed by atoms with van der Waals surface area (Å²) in [6.07, 6.45) is 3.29. The Kier molecular flexibility index (Phi) is 6.79. The van der Waals surface area contributed by atoms with E-state index in [0.29, 0.717) is 11.6 Å². The molecule has 0 spiro atoms. The molecule has 1 unspecified atom stereocenters. The van der Waals surface area contributed by atoms with E-state index in [0.717, 1.165) is 36.8 Å². The molecule has 1 aromatic carbocycles. The average molecular weight is 392 g/mol. The van der Waals surface area contributed by atoms with E-state index in [1.807, 2.05) is 5.38 Å². The van der Waals surface area contributed by atoms with E-state index in [4.69, 9.17) is 4.74 Å². The van der Waals surface area contributed by atoms with Gasteiger partial charge in [-0.05, 0) is 49.4 Å². The quantitative estimate of drug-likeness (QED) is 0.772. The maximum absolute atomic E-state index is 13.7. The molecular formula is C20H26FN3O2S. The van der Waals surface area contributed by atoms with Crippen LogP contribution in [-0.2, 0) is 17.8 Å². The summed E-state index contributed by atoms with van der Waals surface area (Å²) in [6, 6.07) is 4.76. The van der Waals surface area contributed by atoms with Crippen LogP contribution in [0.4, 0.5) is 9.52 Å². The number of hydrogen-bond donors (Lipinski definition) is 1. The molecule has 0 aliphatic carbocycles. The van der Waals surface area contributed by atoms with Crippen LogP contribution in [0.3, 0.4) is 0 Å². The minimum absolute atomic E-state index is 0.112. The lowest BCUT2D eigenvalue weighted by Crippen LogP contribution is -2.33. The van der Waals surface area contributed by atoms with Gasteiger partial charge in [-0.15, -0.1) is 11.3 Å². The lowest BCUT2D eigenvalue weighted by Gasteiger charge is -2.30. The number of hydrogen-bond acceptors (Lipinski definition) is 5. The zero-order chi connectivity index (χ0) is 19.2. The molecule has 146 valence electrons. The van der Waals surface area contributed by atoms with Gasteiger partial charge < -0.3 is 10.1 Å². The standard InChI is InChI=1S/C20H26FN3O2S/c1-14-4-3-9-24(11-14)12-16-13-27-20(22-16)23-19(25)8-6-15-5-7-18(26-2)17(21)10-15/h5,7,10,13-14H,3-4,6,8-9,11-12H2,1-2H3,(H,22,23,25). The maximum Gasteiger partial charge on any atom is 0.226 e. The number of benzene rings is 1. The van der Waals surface area contributed by atoms with Crippen LogP contribution in [0.15, 0.2) is 23.6 Å². The number of ether oxygens (including phenoxy) is 1. The Labute approximate surface area is 163 Å². The fourth-order valence-electron chi connectivity index (χ4n) is 3.40. The highest BCUT2D eigenvalue weighted by Crippen LogP contribution is 2.22. The molecule has 1 aliphatic heterocycles. The third kappa shape index (κ3) is 5.74. The van der Waals surface area contributed by atoms with Crippen LogP contribution < -0.4 is 10.1 Å².